The Kier molecular flexibility index (Phi) is 2.91. The molecule has 11 heavy (non-hydrogen) atoms. The van der Waals surface area contributed by atoms with E-state index in [1.165, 1.54) is 0 Å². The molecule has 0 saturated carbocycles. The van der Waals surface area contributed by atoms with Crippen LogP contribution in [0.4, 0.5) is 5.82 Å². The molecule has 0 aliphatic carbocycles. The maximum Gasteiger partial charge on any atom is 0.224 e. The zero-order valence-electron chi connectivity index (χ0n) is 5.88. The number of alkyl halides is 1. The van der Waals surface area contributed by atoms with Gasteiger partial charge in [0.1, 0.15) is 5.82 Å². The average molecular weight is 192 g/mol. The molecule has 1 heterocycles. The summed E-state index contributed by atoms with van der Waals surface area (Å²) in [5.41, 5.74) is -0.166. The summed E-state index contributed by atoms with van der Waals surface area (Å²) >= 11 is 11.2. The highest BCUT2D eigenvalue weighted by molar-refractivity contribution is 6.28. The second-order valence-corrected chi connectivity index (χ2v) is 2.96. The predicted octanol–water partition coefficient (Wildman–Crippen LogP) is 2.13. The van der Waals surface area contributed by atoms with Crippen LogP contribution in [0.25, 0.3) is 0 Å². The Morgan fingerprint density at radius 2 is 2.36 bits per heavy atom. The van der Waals surface area contributed by atoms with Crippen molar-refractivity contribution in [3.8, 4) is 0 Å². The van der Waals surface area contributed by atoms with Gasteiger partial charge in [-0.25, -0.2) is 9.97 Å². The lowest BCUT2D eigenvalue weighted by atomic mass is 10.5. The van der Waals surface area contributed by atoms with Crippen LogP contribution in [-0.2, 0) is 0 Å². The Bertz CT molecular complexity index is 239. The molecule has 1 atom stereocenters. The Balaban J connectivity index is 2.71. The highest BCUT2D eigenvalue weighted by Gasteiger charge is 1.98. The lowest BCUT2D eigenvalue weighted by molar-refractivity contribution is 1.06. The fourth-order valence-corrected chi connectivity index (χ4v) is 0.878. The molecule has 0 saturated heterocycles. The number of rotatable bonds is 2. The van der Waals surface area contributed by atoms with Crippen molar-refractivity contribution in [2.24, 2.45) is 0 Å². The van der Waals surface area contributed by atoms with E-state index < -0.39 is 0 Å². The van der Waals surface area contributed by atoms with E-state index in [9.17, 15) is 0 Å². The molecular weight excluding hydrogens is 185 g/mol. The summed E-state index contributed by atoms with van der Waals surface area (Å²) < 4.78 is 0. The van der Waals surface area contributed by atoms with E-state index in [4.69, 9.17) is 23.2 Å². The second kappa shape index (κ2) is 3.74. The van der Waals surface area contributed by atoms with Crippen molar-refractivity contribution in [3.05, 3.63) is 17.5 Å². The molecule has 0 bridgehead atoms. The molecule has 5 heteroatoms. The predicted molar refractivity (Wildman–Crippen MR) is 46.0 cm³/mol. The van der Waals surface area contributed by atoms with Gasteiger partial charge >= 0.3 is 0 Å². The van der Waals surface area contributed by atoms with Gasteiger partial charge in [0.25, 0.3) is 0 Å². The van der Waals surface area contributed by atoms with Crippen LogP contribution in [0.2, 0.25) is 5.28 Å². The Morgan fingerprint density at radius 3 is 2.91 bits per heavy atom. The smallest absolute Gasteiger partial charge is 0.224 e. The molecule has 1 rings (SSSR count). The van der Waals surface area contributed by atoms with E-state index in [1.54, 1.807) is 19.2 Å². The van der Waals surface area contributed by atoms with E-state index >= 15 is 0 Å². The first kappa shape index (κ1) is 8.56. The molecule has 0 aliphatic rings. The first-order valence-corrected chi connectivity index (χ1v) is 3.89. The SMILES string of the molecule is CC(Cl)Nc1ccnc(Cl)n1. The topological polar surface area (TPSA) is 37.8 Å². The first-order valence-electron chi connectivity index (χ1n) is 3.07. The molecule has 0 radical (unpaired) electrons. The molecular formula is C6H7Cl2N3. The first-order chi connectivity index (χ1) is 5.18. The van der Waals surface area contributed by atoms with Gasteiger partial charge in [0.2, 0.25) is 5.28 Å². The van der Waals surface area contributed by atoms with E-state index in [2.05, 4.69) is 15.3 Å². The number of hydrogen-bond donors (Lipinski definition) is 1. The number of hydrogen-bond acceptors (Lipinski definition) is 3. The van der Waals surface area contributed by atoms with Gasteiger partial charge in [-0.3, -0.25) is 0 Å². The van der Waals surface area contributed by atoms with Crippen LogP contribution in [0, 0.1) is 0 Å². The molecule has 60 valence electrons. The van der Waals surface area contributed by atoms with E-state index in [0.29, 0.717) is 5.82 Å². The third kappa shape index (κ3) is 2.91. The van der Waals surface area contributed by atoms with Crippen molar-refractivity contribution in [2.45, 2.75) is 12.4 Å². The van der Waals surface area contributed by atoms with E-state index in [1.807, 2.05) is 0 Å². The highest BCUT2D eigenvalue weighted by atomic mass is 35.5. The van der Waals surface area contributed by atoms with Crippen molar-refractivity contribution in [2.75, 3.05) is 5.32 Å². The molecule has 1 N–H and O–H groups in total. The normalized spacial score (nSPS) is 12.6. The quantitative estimate of drug-likeness (QED) is 0.443. The molecule has 1 aromatic rings. The van der Waals surface area contributed by atoms with E-state index in [-0.39, 0.29) is 10.8 Å². The van der Waals surface area contributed by atoms with Gasteiger partial charge in [0, 0.05) is 6.20 Å². The minimum atomic E-state index is -0.166. The summed E-state index contributed by atoms with van der Waals surface area (Å²) in [4.78, 5) is 7.59. The number of nitrogens with zero attached hydrogens (tertiary/aromatic N) is 2. The molecule has 0 fully saturated rings. The molecule has 0 aromatic carbocycles. The summed E-state index contributed by atoms with van der Waals surface area (Å²) in [7, 11) is 0. The molecule has 1 unspecified atom stereocenters. The number of aromatic nitrogens is 2. The van der Waals surface area contributed by atoms with Gasteiger partial charge < -0.3 is 5.32 Å². The van der Waals surface area contributed by atoms with Gasteiger partial charge in [0.05, 0.1) is 5.50 Å². The monoisotopic (exact) mass is 191 g/mol. The van der Waals surface area contributed by atoms with Crippen molar-refractivity contribution < 1.29 is 0 Å². The van der Waals surface area contributed by atoms with Crippen LogP contribution in [0.3, 0.4) is 0 Å². The highest BCUT2D eigenvalue weighted by Crippen LogP contribution is 2.07. The van der Waals surface area contributed by atoms with Gasteiger partial charge in [-0.1, -0.05) is 11.6 Å². The third-order valence-electron chi connectivity index (χ3n) is 0.973. The molecule has 0 spiro atoms. The minimum Gasteiger partial charge on any atom is -0.354 e. The van der Waals surface area contributed by atoms with Crippen molar-refractivity contribution >= 4 is 29.0 Å². The summed E-state index contributed by atoms with van der Waals surface area (Å²) in [6.45, 7) is 1.80. The van der Waals surface area contributed by atoms with Gasteiger partial charge in [-0.15, -0.1) is 0 Å². The number of anilines is 1. The van der Waals surface area contributed by atoms with Crippen LogP contribution in [0.15, 0.2) is 12.3 Å². The molecule has 0 aliphatic heterocycles. The van der Waals surface area contributed by atoms with Crippen molar-refractivity contribution in [1.29, 1.82) is 0 Å². The lowest BCUT2D eigenvalue weighted by Gasteiger charge is -2.05. The van der Waals surface area contributed by atoms with Crippen molar-refractivity contribution in [3.63, 3.8) is 0 Å². The lowest BCUT2D eigenvalue weighted by Crippen LogP contribution is -2.08. The van der Waals surface area contributed by atoms with Gasteiger partial charge in [-0.05, 0) is 24.6 Å². The fourth-order valence-electron chi connectivity index (χ4n) is 0.619. The standard InChI is InChI=1S/C6H7Cl2N3/c1-4(7)10-5-2-3-9-6(8)11-5/h2-4H,1H3,(H,9,10,11). The van der Waals surface area contributed by atoms with Crippen LogP contribution < -0.4 is 5.32 Å². The molecule has 1 aromatic heterocycles. The second-order valence-electron chi connectivity index (χ2n) is 1.97. The number of nitrogens with one attached hydrogen (secondary N) is 1. The summed E-state index contributed by atoms with van der Waals surface area (Å²) in [6.07, 6.45) is 1.57. The summed E-state index contributed by atoms with van der Waals surface area (Å²) in [6, 6.07) is 1.70. The van der Waals surface area contributed by atoms with Crippen molar-refractivity contribution in [1.82, 2.24) is 9.97 Å². The number of halogens is 2. The zero-order valence-corrected chi connectivity index (χ0v) is 7.39. The third-order valence-corrected chi connectivity index (χ3v) is 1.26. The fraction of sp³-hybridized carbons (Fsp3) is 0.333. The van der Waals surface area contributed by atoms with Crippen LogP contribution in [0.5, 0.6) is 0 Å². The largest absolute Gasteiger partial charge is 0.354 e. The summed E-state index contributed by atoms with van der Waals surface area (Å²) in [5, 5.41) is 3.09. The zero-order chi connectivity index (χ0) is 8.27. The Labute approximate surface area is 74.8 Å². The molecule has 3 nitrogen and oxygen atoms in total. The average Bonchev–Trinajstić information content (AvgIpc) is 1.85. The van der Waals surface area contributed by atoms with E-state index in [0.717, 1.165) is 0 Å². The van der Waals surface area contributed by atoms with Crippen LogP contribution in [-0.4, -0.2) is 15.5 Å². The minimum absolute atomic E-state index is 0.166. The Hall–Kier alpha value is -0.540. The van der Waals surface area contributed by atoms with Gasteiger partial charge in [-0.2, -0.15) is 0 Å². The van der Waals surface area contributed by atoms with Crippen LogP contribution in [0.1, 0.15) is 6.92 Å². The Morgan fingerprint density at radius 1 is 1.64 bits per heavy atom. The maximum atomic E-state index is 5.65. The van der Waals surface area contributed by atoms with Crippen LogP contribution >= 0.6 is 23.2 Å². The maximum absolute atomic E-state index is 5.65. The van der Waals surface area contributed by atoms with Gasteiger partial charge in [0.15, 0.2) is 0 Å². The molecule has 0 amide bonds. The summed E-state index contributed by atoms with van der Waals surface area (Å²) in [5.74, 6) is 0.632.